The van der Waals surface area contributed by atoms with E-state index in [9.17, 15) is 14.7 Å². The van der Waals surface area contributed by atoms with Gasteiger partial charge in [0.1, 0.15) is 0 Å². The summed E-state index contributed by atoms with van der Waals surface area (Å²) in [6, 6.07) is 19.4. The smallest absolute Gasteiger partial charge is 0.336 e. The Bertz CT molecular complexity index is 1260. The number of aryl methyl sites for hydroxylation is 1. The van der Waals surface area contributed by atoms with Gasteiger partial charge in [0, 0.05) is 5.69 Å². The summed E-state index contributed by atoms with van der Waals surface area (Å²) in [5, 5.41) is 12.1. The van der Waals surface area contributed by atoms with Gasteiger partial charge >= 0.3 is 12.0 Å². The minimum absolute atomic E-state index is 0.243. The number of carboxylic acid groups (broad SMARTS) is 1. The summed E-state index contributed by atoms with van der Waals surface area (Å²) in [4.78, 5) is 27.5. The molecule has 2 amide bonds. The highest BCUT2D eigenvalue weighted by molar-refractivity contribution is 5.96. The Morgan fingerprint density at radius 2 is 1.72 bits per heavy atom. The van der Waals surface area contributed by atoms with Gasteiger partial charge in [-0.2, -0.15) is 0 Å². The van der Waals surface area contributed by atoms with Gasteiger partial charge in [-0.15, -0.1) is 0 Å². The van der Waals surface area contributed by atoms with Gasteiger partial charge in [-0.25, -0.2) is 14.6 Å². The molecule has 0 bridgehead atoms. The number of anilines is 1. The second-order valence-corrected chi connectivity index (χ2v) is 6.60. The topological polar surface area (TPSA) is 110 Å². The highest BCUT2D eigenvalue weighted by Gasteiger charge is 2.16. The van der Waals surface area contributed by atoms with Gasteiger partial charge in [0.05, 0.1) is 16.6 Å². The number of hydrogen-bond acceptors (Lipinski definition) is 3. The van der Waals surface area contributed by atoms with E-state index in [1.165, 1.54) is 0 Å². The molecule has 0 fully saturated rings. The molecule has 0 aliphatic heterocycles. The van der Waals surface area contributed by atoms with Crippen LogP contribution in [-0.4, -0.2) is 26.7 Å². The van der Waals surface area contributed by atoms with E-state index in [0.29, 0.717) is 17.0 Å². The van der Waals surface area contributed by atoms with E-state index in [0.717, 1.165) is 22.3 Å². The number of aromatic nitrogens is 2. The highest BCUT2D eigenvalue weighted by atomic mass is 16.4. The number of carbonyl (C=O) groups excluding carboxylic acids is 1. The highest BCUT2D eigenvalue weighted by Crippen LogP contribution is 2.31. The number of fused-ring (bicyclic) bond motifs is 1. The van der Waals surface area contributed by atoms with Gasteiger partial charge < -0.3 is 10.8 Å². The first-order valence-electron chi connectivity index (χ1n) is 8.93. The van der Waals surface area contributed by atoms with Gasteiger partial charge in [-0.3, -0.25) is 9.88 Å². The number of nitrogens with one attached hydrogen (secondary N) is 1. The van der Waals surface area contributed by atoms with Gasteiger partial charge in [0.15, 0.2) is 0 Å². The standard InChI is InChI=1S/C22H18N4O3/c1-13-12-14(10-11-15(13)16-6-2-3-7-17(16)20(27)28)26-19-9-5-4-8-18(19)24-22(26)25-21(23)29/h2-12H,1H3,(H,27,28)(H3,23,24,25,29). The monoisotopic (exact) mass is 386 g/mol. The number of amides is 2. The summed E-state index contributed by atoms with van der Waals surface area (Å²) in [6.07, 6.45) is 0. The molecule has 0 spiro atoms. The summed E-state index contributed by atoms with van der Waals surface area (Å²) >= 11 is 0. The molecule has 1 aromatic heterocycles. The zero-order valence-corrected chi connectivity index (χ0v) is 15.6. The molecule has 29 heavy (non-hydrogen) atoms. The van der Waals surface area contributed by atoms with E-state index in [4.69, 9.17) is 5.73 Å². The van der Waals surface area contributed by atoms with Crippen LogP contribution in [0.4, 0.5) is 10.7 Å². The van der Waals surface area contributed by atoms with Crippen LogP contribution in [0.15, 0.2) is 66.7 Å². The second kappa shape index (κ2) is 7.12. The number of aromatic carboxylic acids is 1. The Hall–Kier alpha value is -4.13. The van der Waals surface area contributed by atoms with Crippen LogP contribution in [0.1, 0.15) is 15.9 Å². The Balaban J connectivity index is 1.88. The molecule has 4 aromatic rings. The number of primary amides is 1. The third-order valence-corrected chi connectivity index (χ3v) is 4.71. The van der Waals surface area contributed by atoms with Crippen molar-refractivity contribution < 1.29 is 14.7 Å². The van der Waals surface area contributed by atoms with Crippen molar-refractivity contribution in [3.05, 3.63) is 77.9 Å². The van der Waals surface area contributed by atoms with Crippen LogP contribution in [0.2, 0.25) is 0 Å². The molecule has 0 aliphatic carbocycles. The van der Waals surface area contributed by atoms with Crippen molar-refractivity contribution in [2.24, 2.45) is 5.73 Å². The molecule has 0 atom stereocenters. The molecule has 1 heterocycles. The number of nitrogens with zero attached hydrogens (tertiary/aromatic N) is 2. The maximum absolute atomic E-state index is 11.6. The molecule has 4 rings (SSSR count). The molecule has 144 valence electrons. The summed E-state index contributed by atoms with van der Waals surface area (Å²) in [5.74, 6) is -0.658. The third-order valence-electron chi connectivity index (χ3n) is 4.71. The van der Waals surface area contributed by atoms with E-state index in [-0.39, 0.29) is 5.56 Å². The average molecular weight is 386 g/mol. The molecule has 4 N–H and O–H groups in total. The maximum Gasteiger partial charge on any atom is 0.336 e. The van der Waals surface area contributed by atoms with Crippen molar-refractivity contribution in [3.63, 3.8) is 0 Å². The van der Waals surface area contributed by atoms with Crippen LogP contribution >= 0.6 is 0 Å². The SMILES string of the molecule is Cc1cc(-n2c(NC(N)=O)nc3ccccc32)ccc1-c1ccccc1C(=O)O. The zero-order chi connectivity index (χ0) is 20.5. The first kappa shape index (κ1) is 18.2. The zero-order valence-electron chi connectivity index (χ0n) is 15.6. The van der Waals surface area contributed by atoms with Crippen LogP contribution in [0.3, 0.4) is 0 Å². The van der Waals surface area contributed by atoms with E-state index in [1.54, 1.807) is 22.8 Å². The molecule has 0 aliphatic rings. The minimum Gasteiger partial charge on any atom is -0.478 e. The summed E-state index contributed by atoms with van der Waals surface area (Å²) in [7, 11) is 0. The Morgan fingerprint density at radius 1 is 1.00 bits per heavy atom. The van der Waals surface area contributed by atoms with Crippen molar-refractivity contribution in [2.45, 2.75) is 6.92 Å². The summed E-state index contributed by atoms with van der Waals surface area (Å²) in [6.45, 7) is 1.91. The third kappa shape index (κ3) is 3.29. The van der Waals surface area contributed by atoms with Crippen molar-refractivity contribution in [1.29, 1.82) is 0 Å². The fraction of sp³-hybridized carbons (Fsp3) is 0.0455. The Kier molecular flexibility index (Phi) is 4.48. The molecule has 0 saturated carbocycles. The fourth-order valence-corrected chi connectivity index (χ4v) is 3.48. The molecule has 7 heteroatoms. The number of urea groups is 1. The number of hydrogen-bond donors (Lipinski definition) is 3. The Morgan fingerprint density at radius 3 is 2.45 bits per heavy atom. The van der Waals surface area contributed by atoms with Crippen molar-refractivity contribution in [1.82, 2.24) is 9.55 Å². The van der Waals surface area contributed by atoms with Crippen LogP contribution < -0.4 is 11.1 Å². The quantitative estimate of drug-likeness (QED) is 0.488. The number of carbonyl (C=O) groups is 2. The number of imidazole rings is 1. The number of rotatable bonds is 4. The Labute approximate surface area is 166 Å². The van der Waals surface area contributed by atoms with Crippen molar-refractivity contribution in [2.75, 3.05) is 5.32 Å². The van der Waals surface area contributed by atoms with E-state index in [1.807, 2.05) is 55.5 Å². The lowest BCUT2D eigenvalue weighted by Crippen LogP contribution is -2.21. The number of carboxylic acids is 1. The lowest BCUT2D eigenvalue weighted by molar-refractivity contribution is 0.0697. The minimum atomic E-state index is -0.974. The van der Waals surface area contributed by atoms with E-state index in [2.05, 4.69) is 10.3 Å². The molecule has 0 unspecified atom stereocenters. The number of para-hydroxylation sites is 2. The van der Waals surface area contributed by atoms with Crippen molar-refractivity contribution in [3.8, 4) is 16.8 Å². The number of benzene rings is 3. The fourth-order valence-electron chi connectivity index (χ4n) is 3.48. The van der Waals surface area contributed by atoms with Crippen LogP contribution in [0, 0.1) is 6.92 Å². The molecule has 3 aromatic carbocycles. The van der Waals surface area contributed by atoms with Crippen LogP contribution in [0.25, 0.3) is 27.8 Å². The molecule has 0 saturated heterocycles. The summed E-state index contributed by atoms with van der Waals surface area (Å²) in [5.41, 5.74) is 10.2. The molecular weight excluding hydrogens is 368 g/mol. The van der Waals surface area contributed by atoms with Gasteiger partial charge in [0.25, 0.3) is 0 Å². The summed E-state index contributed by atoms with van der Waals surface area (Å²) < 4.78 is 1.81. The lowest BCUT2D eigenvalue weighted by Gasteiger charge is -2.14. The predicted octanol–water partition coefficient (Wildman–Crippen LogP) is 4.19. The first-order valence-corrected chi connectivity index (χ1v) is 8.93. The van der Waals surface area contributed by atoms with Crippen LogP contribution in [-0.2, 0) is 0 Å². The van der Waals surface area contributed by atoms with E-state index < -0.39 is 12.0 Å². The van der Waals surface area contributed by atoms with Gasteiger partial charge in [-0.1, -0.05) is 36.4 Å². The van der Waals surface area contributed by atoms with Gasteiger partial charge in [-0.05, 0) is 53.9 Å². The maximum atomic E-state index is 11.6. The molecule has 0 radical (unpaired) electrons. The van der Waals surface area contributed by atoms with Crippen molar-refractivity contribution >= 4 is 29.0 Å². The molecule has 7 nitrogen and oxygen atoms in total. The largest absolute Gasteiger partial charge is 0.478 e. The molecular formula is C22H18N4O3. The van der Waals surface area contributed by atoms with E-state index >= 15 is 0 Å². The lowest BCUT2D eigenvalue weighted by atomic mass is 9.95. The van der Waals surface area contributed by atoms with Crippen LogP contribution in [0.5, 0.6) is 0 Å². The predicted molar refractivity (Wildman–Crippen MR) is 111 cm³/mol. The average Bonchev–Trinajstić information content (AvgIpc) is 3.05. The first-order chi connectivity index (χ1) is 14.0. The normalized spacial score (nSPS) is 10.8. The number of nitrogens with two attached hydrogens (primary N) is 1. The van der Waals surface area contributed by atoms with Gasteiger partial charge in [0.2, 0.25) is 5.95 Å². The second-order valence-electron chi connectivity index (χ2n) is 6.60.